The number of carbonyl (C=O) groups is 1. The molecule has 5 heteroatoms. The fourth-order valence-corrected chi connectivity index (χ4v) is 4.59. The standard InChI is InChI=1S/C28H30FNO3/c1-20-17-30(15-14-28(20,2)24-5-3-4-23(16-24)27(31)32)18-21-8-12-26(13-9-21)33-19-22-6-10-25(29)11-7-22/h3-13,16,20H,14-15,17-19H2,1-2H3,(H,31,32). The van der Waals surface area contributed by atoms with Crippen LogP contribution >= 0.6 is 0 Å². The largest absolute Gasteiger partial charge is 0.489 e. The Bertz CT molecular complexity index is 1100. The first-order valence-electron chi connectivity index (χ1n) is 11.4. The normalized spacial score (nSPS) is 21.0. The van der Waals surface area contributed by atoms with E-state index in [0.717, 1.165) is 42.9 Å². The number of nitrogens with zero attached hydrogens (tertiary/aromatic N) is 1. The van der Waals surface area contributed by atoms with Crippen molar-refractivity contribution >= 4 is 5.97 Å². The molecule has 1 heterocycles. The summed E-state index contributed by atoms with van der Waals surface area (Å²) in [6.07, 6.45) is 0.982. The molecule has 2 atom stereocenters. The van der Waals surface area contributed by atoms with E-state index in [1.807, 2.05) is 24.3 Å². The molecule has 172 valence electrons. The first-order valence-corrected chi connectivity index (χ1v) is 11.4. The second kappa shape index (κ2) is 9.75. The molecule has 3 aromatic rings. The van der Waals surface area contributed by atoms with Gasteiger partial charge in [-0.3, -0.25) is 4.90 Å². The average Bonchev–Trinajstić information content (AvgIpc) is 2.82. The van der Waals surface area contributed by atoms with Gasteiger partial charge >= 0.3 is 5.97 Å². The molecular formula is C28H30FNO3. The van der Waals surface area contributed by atoms with E-state index in [-0.39, 0.29) is 11.2 Å². The van der Waals surface area contributed by atoms with Crippen LogP contribution in [0.3, 0.4) is 0 Å². The highest BCUT2D eigenvalue weighted by Crippen LogP contribution is 2.40. The van der Waals surface area contributed by atoms with Crippen LogP contribution in [0.2, 0.25) is 0 Å². The molecule has 0 aromatic heterocycles. The quantitative estimate of drug-likeness (QED) is 0.490. The van der Waals surface area contributed by atoms with E-state index in [4.69, 9.17) is 4.74 Å². The molecule has 1 saturated heterocycles. The third-order valence-corrected chi connectivity index (χ3v) is 6.98. The molecule has 0 radical (unpaired) electrons. The predicted molar refractivity (Wildman–Crippen MR) is 127 cm³/mol. The van der Waals surface area contributed by atoms with Crippen molar-refractivity contribution in [3.05, 3.63) is 101 Å². The summed E-state index contributed by atoms with van der Waals surface area (Å²) in [6.45, 7) is 7.70. The minimum atomic E-state index is -0.879. The summed E-state index contributed by atoms with van der Waals surface area (Å²) >= 11 is 0. The zero-order valence-electron chi connectivity index (χ0n) is 19.1. The lowest BCUT2D eigenvalue weighted by Gasteiger charge is -2.45. The van der Waals surface area contributed by atoms with E-state index in [1.165, 1.54) is 17.7 Å². The molecule has 1 aliphatic rings. The number of ether oxygens (including phenoxy) is 1. The highest BCUT2D eigenvalue weighted by Gasteiger charge is 2.38. The maximum Gasteiger partial charge on any atom is 0.335 e. The van der Waals surface area contributed by atoms with Gasteiger partial charge in [-0.2, -0.15) is 0 Å². The van der Waals surface area contributed by atoms with Crippen LogP contribution in [0, 0.1) is 11.7 Å². The highest BCUT2D eigenvalue weighted by atomic mass is 19.1. The van der Waals surface area contributed by atoms with Gasteiger partial charge < -0.3 is 9.84 Å². The van der Waals surface area contributed by atoms with Crippen molar-refractivity contribution in [2.75, 3.05) is 13.1 Å². The van der Waals surface area contributed by atoms with E-state index < -0.39 is 5.97 Å². The Morgan fingerprint density at radius 3 is 2.45 bits per heavy atom. The van der Waals surface area contributed by atoms with Crippen molar-refractivity contribution in [2.45, 2.75) is 38.8 Å². The number of hydrogen-bond donors (Lipinski definition) is 1. The molecule has 1 N–H and O–H groups in total. The van der Waals surface area contributed by atoms with Crippen LogP contribution in [0.25, 0.3) is 0 Å². The fraction of sp³-hybridized carbons (Fsp3) is 0.321. The number of carboxylic acids is 1. The Kier molecular flexibility index (Phi) is 6.80. The number of hydrogen-bond acceptors (Lipinski definition) is 3. The Hall–Kier alpha value is -3.18. The third-order valence-electron chi connectivity index (χ3n) is 6.98. The molecule has 4 rings (SSSR count). The van der Waals surface area contributed by atoms with Gasteiger partial charge in [0.1, 0.15) is 18.2 Å². The SMILES string of the molecule is CC1CN(Cc2ccc(OCc3ccc(F)cc3)cc2)CCC1(C)c1cccc(C(=O)O)c1. The maximum absolute atomic E-state index is 13.0. The van der Waals surface area contributed by atoms with E-state index in [2.05, 4.69) is 36.9 Å². The molecule has 3 aromatic carbocycles. The Morgan fingerprint density at radius 1 is 1.09 bits per heavy atom. The maximum atomic E-state index is 13.0. The van der Waals surface area contributed by atoms with Gasteiger partial charge in [0.05, 0.1) is 5.56 Å². The smallest absolute Gasteiger partial charge is 0.335 e. The molecule has 0 amide bonds. The van der Waals surface area contributed by atoms with Gasteiger partial charge in [0, 0.05) is 13.1 Å². The second-order valence-corrected chi connectivity index (χ2v) is 9.25. The van der Waals surface area contributed by atoms with E-state index in [0.29, 0.717) is 18.1 Å². The molecule has 1 aliphatic heterocycles. The molecule has 0 aliphatic carbocycles. The number of likely N-dealkylation sites (tertiary alicyclic amines) is 1. The third kappa shape index (κ3) is 5.42. The summed E-state index contributed by atoms with van der Waals surface area (Å²) in [5, 5.41) is 9.35. The topological polar surface area (TPSA) is 49.8 Å². The number of piperidine rings is 1. The van der Waals surface area contributed by atoms with Gasteiger partial charge in [0.25, 0.3) is 0 Å². The number of aromatic carboxylic acids is 1. The second-order valence-electron chi connectivity index (χ2n) is 9.25. The minimum Gasteiger partial charge on any atom is -0.489 e. The summed E-state index contributed by atoms with van der Waals surface area (Å²) in [5.41, 5.74) is 3.58. The van der Waals surface area contributed by atoms with Crippen molar-refractivity contribution < 1.29 is 19.0 Å². The average molecular weight is 448 g/mol. The van der Waals surface area contributed by atoms with Crippen molar-refractivity contribution in [3.63, 3.8) is 0 Å². The van der Waals surface area contributed by atoms with Crippen LogP contribution in [-0.4, -0.2) is 29.1 Å². The van der Waals surface area contributed by atoms with Crippen LogP contribution in [0.5, 0.6) is 5.75 Å². The Balaban J connectivity index is 1.34. The molecule has 0 saturated carbocycles. The number of rotatable bonds is 7. The number of carboxylic acid groups (broad SMARTS) is 1. The van der Waals surface area contributed by atoms with Crippen molar-refractivity contribution in [1.29, 1.82) is 0 Å². The van der Waals surface area contributed by atoms with Gasteiger partial charge in [0.2, 0.25) is 0 Å². The minimum absolute atomic E-state index is 0.0417. The van der Waals surface area contributed by atoms with Crippen LogP contribution in [0.1, 0.15) is 47.3 Å². The first kappa shape index (κ1) is 23.0. The summed E-state index contributed by atoms with van der Waals surface area (Å²) in [6, 6.07) is 21.9. The molecule has 4 nitrogen and oxygen atoms in total. The Morgan fingerprint density at radius 2 is 1.79 bits per heavy atom. The molecule has 0 spiro atoms. The molecular weight excluding hydrogens is 417 g/mol. The van der Waals surface area contributed by atoms with E-state index in [1.54, 1.807) is 18.2 Å². The van der Waals surface area contributed by atoms with Gasteiger partial charge in [-0.05, 0) is 77.4 Å². The summed E-state index contributed by atoms with van der Waals surface area (Å²) in [5.74, 6) is 0.0643. The lowest BCUT2D eigenvalue weighted by molar-refractivity contribution is 0.0696. The fourth-order valence-electron chi connectivity index (χ4n) is 4.59. The molecule has 33 heavy (non-hydrogen) atoms. The van der Waals surface area contributed by atoms with E-state index >= 15 is 0 Å². The molecule has 0 bridgehead atoms. The monoisotopic (exact) mass is 447 g/mol. The van der Waals surface area contributed by atoms with Crippen molar-refractivity contribution in [2.24, 2.45) is 5.92 Å². The zero-order chi connectivity index (χ0) is 23.4. The molecule has 2 unspecified atom stereocenters. The van der Waals surface area contributed by atoms with Gasteiger partial charge in [-0.25, -0.2) is 9.18 Å². The number of benzene rings is 3. The van der Waals surface area contributed by atoms with Gasteiger partial charge in [-0.15, -0.1) is 0 Å². The zero-order valence-corrected chi connectivity index (χ0v) is 19.1. The van der Waals surface area contributed by atoms with Crippen LogP contribution in [-0.2, 0) is 18.6 Å². The van der Waals surface area contributed by atoms with Crippen LogP contribution in [0.15, 0.2) is 72.8 Å². The summed E-state index contributed by atoms with van der Waals surface area (Å²) < 4.78 is 18.8. The highest BCUT2D eigenvalue weighted by molar-refractivity contribution is 5.87. The summed E-state index contributed by atoms with van der Waals surface area (Å²) in [4.78, 5) is 13.9. The van der Waals surface area contributed by atoms with Crippen molar-refractivity contribution in [3.8, 4) is 5.75 Å². The van der Waals surface area contributed by atoms with E-state index in [9.17, 15) is 14.3 Å². The first-order chi connectivity index (χ1) is 15.8. The Labute approximate surface area is 194 Å². The molecule has 1 fully saturated rings. The van der Waals surface area contributed by atoms with Gasteiger partial charge in [0.15, 0.2) is 0 Å². The number of halogens is 1. The van der Waals surface area contributed by atoms with Crippen LogP contribution in [0.4, 0.5) is 4.39 Å². The lowest BCUT2D eigenvalue weighted by Crippen LogP contribution is -2.47. The summed E-state index contributed by atoms with van der Waals surface area (Å²) in [7, 11) is 0. The predicted octanol–water partition coefficient (Wildman–Crippen LogP) is 5.90. The lowest BCUT2D eigenvalue weighted by atomic mass is 9.68. The van der Waals surface area contributed by atoms with Crippen LogP contribution < -0.4 is 4.74 Å². The van der Waals surface area contributed by atoms with Gasteiger partial charge in [-0.1, -0.05) is 50.2 Å². The van der Waals surface area contributed by atoms with Crippen molar-refractivity contribution in [1.82, 2.24) is 4.90 Å².